The van der Waals surface area contributed by atoms with Crippen molar-refractivity contribution >= 4 is 22.4 Å². The first-order valence-electron chi connectivity index (χ1n) is 6.67. The van der Waals surface area contributed by atoms with Crippen molar-refractivity contribution in [3.63, 3.8) is 0 Å². The van der Waals surface area contributed by atoms with Gasteiger partial charge in [-0.3, -0.25) is 0 Å². The lowest BCUT2D eigenvalue weighted by atomic mass is 10.1. The Morgan fingerprint density at radius 1 is 1.65 bits per heavy atom. The maximum atomic E-state index is 11.3. The van der Waals surface area contributed by atoms with Crippen LogP contribution in [0.5, 0.6) is 0 Å². The third-order valence-corrected chi connectivity index (χ3v) is 4.47. The molecular weight excluding hydrogens is 280 g/mol. The molecule has 0 radical (unpaired) electrons. The lowest BCUT2D eigenvalue weighted by molar-refractivity contribution is 0.0299. The molecule has 1 N–H and O–H groups in total. The fraction of sp³-hybridized carbons (Fsp3) is 0.692. The van der Waals surface area contributed by atoms with Crippen LogP contribution in [0.25, 0.3) is 0 Å². The number of carboxylic acid groups (broad SMARTS) is 1. The van der Waals surface area contributed by atoms with E-state index < -0.39 is 5.97 Å². The van der Waals surface area contributed by atoms with Gasteiger partial charge in [0.15, 0.2) is 5.13 Å². The summed E-state index contributed by atoms with van der Waals surface area (Å²) in [6.45, 7) is 5.71. The molecule has 112 valence electrons. The lowest BCUT2D eigenvalue weighted by Gasteiger charge is -2.38. The number of hydrogen-bond acceptors (Lipinski definition) is 6. The Morgan fingerprint density at radius 2 is 2.40 bits per heavy atom. The van der Waals surface area contributed by atoms with Gasteiger partial charge in [-0.15, -0.1) is 0 Å². The molecule has 1 aliphatic rings. The molecule has 1 fully saturated rings. The zero-order valence-electron chi connectivity index (χ0n) is 12.0. The van der Waals surface area contributed by atoms with Crippen molar-refractivity contribution in [1.29, 1.82) is 0 Å². The summed E-state index contributed by atoms with van der Waals surface area (Å²) in [6.07, 6.45) is 1.06. The third kappa shape index (κ3) is 3.11. The van der Waals surface area contributed by atoms with Gasteiger partial charge in [-0.05, 0) is 13.3 Å². The van der Waals surface area contributed by atoms with Crippen molar-refractivity contribution in [2.75, 3.05) is 25.2 Å². The molecule has 0 aromatic carbocycles. The molecule has 0 saturated carbocycles. The predicted molar refractivity (Wildman–Crippen MR) is 76.6 cm³/mol. The Morgan fingerprint density at radius 3 is 3.00 bits per heavy atom. The quantitative estimate of drug-likeness (QED) is 0.896. The monoisotopic (exact) mass is 300 g/mol. The van der Waals surface area contributed by atoms with E-state index in [2.05, 4.69) is 16.8 Å². The van der Waals surface area contributed by atoms with Crippen molar-refractivity contribution in [1.82, 2.24) is 4.98 Å². The Kier molecular flexibility index (Phi) is 4.95. The van der Waals surface area contributed by atoms with E-state index in [0.29, 0.717) is 12.3 Å². The lowest BCUT2D eigenvalue weighted by Crippen LogP contribution is -2.48. The average Bonchev–Trinajstić information content (AvgIpc) is 2.83. The molecule has 0 spiro atoms. The average molecular weight is 300 g/mol. The van der Waals surface area contributed by atoms with E-state index in [9.17, 15) is 9.90 Å². The van der Waals surface area contributed by atoms with Gasteiger partial charge in [-0.1, -0.05) is 18.3 Å². The summed E-state index contributed by atoms with van der Waals surface area (Å²) >= 11 is 1.21. The number of rotatable bonds is 5. The highest BCUT2D eigenvalue weighted by Gasteiger charge is 2.29. The molecule has 2 unspecified atom stereocenters. The van der Waals surface area contributed by atoms with E-state index in [1.54, 1.807) is 0 Å². The number of carbonyl (C=O) groups is 1. The van der Waals surface area contributed by atoms with Gasteiger partial charge in [-0.25, -0.2) is 9.78 Å². The number of carboxylic acids is 1. The summed E-state index contributed by atoms with van der Waals surface area (Å²) in [6, 6.07) is 0.245. The van der Waals surface area contributed by atoms with E-state index in [1.165, 1.54) is 18.4 Å². The number of hydrogen-bond donors (Lipinski definition) is 1. The van der Waals surface area contributed by atoms with E-state index in [-0.39, 0.29) is 23.6 Å². The second-order valence-corrected chi connectivity index (χ2v) is 5.85. The number of aromatic nitrogens is 1. The Hall–Kier alpha value is -1.18. The van der Waals surface area contributed by atoms with Crippen LogP contribution in [-0.2, 0) is 16.1 Å². The molecule has 20 heavy (non-hydrogen) atoms. The number of nitrogens with zero attached hydrogens (tertiary/aromatic N) is 2. The summed E-state index contributed by atoms with van der Waals surface area (Å²) < 4.78 is 10.7. The topological polar surface area (TPSA) is 71.9 Å². The molecule has 1 aromatic rings. The van der Waals surface area contributed by atoms with Crippen LogP contribution in [0, 0.1) is 0 Å². The highest BCUT2D eigenvalue weighted by Crippen LogP contribution is 2.31. The fourth-order valence-electron chi connectivity index (χ4n) is 2.28. The molecule has 7 heteroatoms. The zero-order valence-corrected chi connectivity index (χ0v) is 12.8. The van der Waals surface area contributed by atoms with Crippen LogP contribution in [0.1, 0.15) is 35.6 Å². The summed E-state index contributed by atoms with van der Waals surface area (Å²) in [5.41, 5.74) is 0.494. The van der Waals surface area contributed by atoms with Crippen LogP contribution < -0.4 is 4.90 Å². The van der Waals surface area contributed by atoms with Crippen LogP contribution >= 0.6 is 11.3 Å². The van der Waals surface area contributed by atoms with Crippen molar-refractivity contribution in [2.45, 2.75) is 39.0 Å². The Balaban J connectivity index is 2.30. The molecule has 2 heterocycles. The zero-order chi connectivity index (χ0) is 14.7. The standard InChI is InChI=1S/C13H20N2O4S/c1-4-9-6-19-8(2)5-15(9)13-14-10(7-18-3)11(20-13)12(16)17/h8-9H,4-7H2,1-3H3,(H,16,17). The minimum Gasteiger partial charge on any atom is -0.477 e. The molecule has 0 bridgehead atoms. The number of anilines is 1. The predicted octanol–water partition coefficient (Wildman–Crippen LogP) is 1.99. The highest BCUT2D eigenvalue weighted by atomic mass is 32.1. The smallest absolute Gasteiger partial charge is 0.347 e. The Bertz CT molecular complexity index is 477. The van der Waals surface area contributed by atoms with Crippen molar-refractivity contribution < 1.29 is 19.4 Å². The van der Waals surface area contributed by atoms with E-state index in [1.807, 2.05) is 6.92 Å². The van der Waals surface area contributed by atoms with Crippen molar-refractivity contribution in [3.8, 4) is 0 Å². The van der Waals surface area contributed by atoms with Gasteiger partial charge in [0.05, 0.1) is 31.1 Å². The summed E-state index contributed by atoms with van der Waals surface area (Å²) in [7, 11) is 1.54. The maximum absolute atomic E-state index is 11.3. The first-order valence-corrected chi connectivity index (χ1v) is 7.48. The molecular formula is C13H20N2O4S. The fourth-order valence-corrected chi connectivity index (χ4v) is 3.27. The second kappa shape index (κ2) is 6.51. The normalized spacial score (nSPS) is 23.1. The van der Waals surface area contributed by atoms with Gasteiger partial charge >= 0.3 is 5.97 Å². The van der Waals surface area contributed by atoms with Crippen molar-refractivity contribution in [2.24, 2.45) is 0 Å². The molecule has 0 aliphatic carbocycles. The molecule has 1 aliphatic heterocycles. The summed E-state index contributed by atoms with van der Waals surface area (Å²) in [5.74, 6) is -0.949. The van der Waals surface area contributed by atoms with Crippen LogP contribution in [0.4, 0.5) is 5.13 Å². The van der Waals surface area contributed by atoms with Gasteiger partial charge < -0.3 is 19.5 Å². The second-order valence-electron chi connectivity index (χ2n) is 4.87. The van der Waals surface area contributed by atoms with Crippen LogP contribution in [0.2, 0.25) is 0 Å². The number of thiazole rings is 1. The third-order valence-electron chi connectivity index (χ3n) is 3.35. The van der Waals surface area contributed by atoms with Gasteiger partial charge in [0.25, 0.3) is 0 Å². The number of aromatic carboxylic acids is 1. The first kappa shape index (κ1) is 15.2. The van der Waals surface area contributed by atoms with E-state index in [4.69, 9.17) is 9.47 Å². The number of methoxy groups -OCH3 is 1. The minimum absolute atomic E-state index is 0.126. The SMILES string of the molecule is CCC1COC(C)CN1c1nc(COC)c(C(=O)O)s1. The number of morpholine rings is 1. The van der Waals surface area contributed by atoms with Gasteiger partial charge in [0.1, 0.15) is 4.88 Å². The van der Waals surface area contributed by atoms with E-state index in [0.717, 1.165) is 18.1 Å². The number of ether oxygens (including phenoxy) is 2. The minimum atomic E-state index is -0.949. The maximum Gasteiger partial charge on any atom is 0.347 e. The molecule has 1 saturated heterocycles. The summed E-state index contributed by atoms with van der Waals surface area (Å²) in [4.78, 5) is 18.2. The van der Waals surface area contributed by atoms with Crippen LogP contribution in [0.15, 0.2) is 0 Å². The van der Waals surface area contributed by atoms with Gasteiger partial charge in [0, 0.05) is 13.7 Å². The van der Waals surface area contributed by atoms with Gasteiger partial charge in [0.2, 0.25) is 0 Å². The summed E-state index contributed by atoms with van der Waals surface area (Å²) in [5, 5.41) is 10.00. The molecule has 0 amide bonds. The van der Waals surface area contributed by atoms with E-state index >= 15 is 0 Å². The largest absolute Gasteiger partial charge is 0.477 e. The van der Waals surface area contributed by atoms with Crippen molar-refractivity contribution in [3.05, 3.63) is 10.6 Å². The van der Waals surface area contributed by atoms with Gasteiger partial charge in [-0.2, -0.15) is 0 Å². The van der Waals surface area contributed by atoms with Crippen LogP contribution in [0.3, 0.4) is 0 Å². The molecule has 1 aromatic heterocycles. The molecule has 2 rings (SSSR count). The molecule has 2 atom stereocenters. The highest BCUT2D eigenvalue weighted by molar-refractivity contribution is 7.17. The van der Waals surface area contributed by atoms with Crippen LogP contribution in [-0.4, -0.2) is 48.5 Å². The Labute approximate surface area is 122 Å². The molecule has 6 nitrogen and oxygen atoms in total. The first-order chi connectivity index (χ1) is 9.56.